The van der Waals surface area contributed by atoms with E-state index in [1.54, 1.807) is 6.08 Å². The van der Waals surface area contributed by atoms with Gasteiger partial charge in [0.15, 0.2) is 5.41 Å². The molecule has 0 amide bonds. The molecule has 1 fully saturated rings. The summed E-state index contributed by atoms with van der Waals surface area (Å²) in [7, 11) is 0. The van der Waals surface area contributed by atoms with Crippen LogP contribution >= 0.6 is 0 Å². The van der Waals surface area contributed by atoms with Crippen LogP contribution in [-0.4, -0.2) is 22.2 Å². The Bertz CT molecular complexity index is 420. The molecule has 0 heterocycles. The van der Waals surface area contributed by atoms with E-state index in [2.05, 4.69) is 6.08 Å². The molecule has 3 aliphatic rings. The van der Waals surface area contributed by atoms with Crippen LogP contribution in [0.25, 0.3) is 0 Å². The topological polar surface area (TPSA) is 74.6 Å². The number of carboxylic acid groups (broad SMARTS) is 2. The monoisotopic (exact) mass is 220 g/mol. The molecule has 0 aromatic carbocycles. The summed E-state index contributed by atoms with van der Waals surface area (Å²) in [5.74, 6) is -2.21. The maximum Gasteiger partial charge on any atom is 0.325 e. The first kappa shape index (κ1) is 9.63. The summed E-state index contributed by atoms with van der Waals surface area (Å²) in [6.45, 7) is 0. The molecule has 16 heavy (non-hydrogen) atoms. The Kier molecular flexibility index (Phi) is 1.66. The average Bonchev–Trinajstić information content (AvgIpc) is 2.89. The second-order valence-electron chi connectivity index (χ2n) is 4.89. The van der Waals surface area contributed by atoms with Gasteiger partial charge in [-0.2, -0.15) is 0 Å². The van der Waals surface area contributed by atoms with Crippen LogP contribution in [0, 0.1) is 29.1 Å². The molecule has 0 radical (unpaired) electrons. The SMILES string of the molecule is O=C(O)C1(C(=O)O)C=CC2C3C=CC(C3)C21. The lowest BCUT2D eigenvalue weighted by Crippen LogP contribution is -2.45. The van der Waals surface area contributed by atoms with Gasteiger partial charge in [-0.25, -0.2) is 0 Å². The number of hydrogen-bond donors (Lipinski definition) is 2. The van der Waals surface area contributed by atoms with Crippen molar-refractivity contribution in [2.75, 3.05) is 0 Å². The standard InChI is InChI=1S/C12H12O4/c13-10(14)12(11(15)16)4-3-8-6-1-2-7(5-6)9(8)12/h1-4,6-9H,5H2,(H,13,14)(H,15,16). The van der Waals surface area contributed by atoms with Gasteiger partial charge in [-0.05, 0) is 24.2 Å². The van der Waals surface area contributed by atoms with Gasteiger partial charge in [0.25, 0.3) is 0 Å². The van der Waals surface area contributed by atoms with Gasteiger partial charge in [0.2, 0.25) is 0 Å². The molecule has 2 N–H and O–H groups in total. The van der Waals surface area contributed by atoms with Gasteiger partial charge in [-0.3, -0.25) is 9.59 Å². The number of carbonyl (C=O) groups is 2. The van der Waals surface area contributed by atoms with Crippen molar-refractivity contribution < 1.29 is 19.8 Å². The Morgan fingerprint density at radius 1 is 1.06 bits per heavy atom. The molecule has 3 aliphatic carbocycles. The largest absolute Gasteiger partial charge is 0.480 e. The normalized spacial score (nSPS) is 41.2. The molecule has 4 nitrogen and oxygen atoms in total. The van der Waals surface area contributed by atoms with E-state index in [1.807, 2.05) is 6.08 Å². The van der Waals surface area contributed by atoms with Gasteiger partial charge in [0.05, 0.1) is 0 Å². The van der Waals surface area contributed by atoms with Crippen molar-refractivity contribution in [3.8, 4) is 0 Å². The zero-order valence-corrected chi connectivity index (χ0v) is 8.54. The minimum absolute atomic E-state index is 0.0993. The lowest BCUT2D eigenvalue weighted by molar-refractivity contribution is -0.165. The van der Waals surface area contributed by atoms with Crippen molar-refractivity contribution in [1.82, 2.24) is 0 Å². The summed E-state index contributed by atoms with van der Waals surface area (Å²) in [5.41, 5.74) is -1.70. The minimum Gasteiger partial charge on any atom is -0.480 e. The van der Waals surface area contributed by atoms with Crippen molar-refractivity contribution in [3.63, 3.8) is 0 Å². The molecule has 0 saturated heterocycles. The van der Waals surface area contributed by atoms with Crippen molar-refractivity contribution in [3.05, 3.63) is 24.3 Å². The summed E-state index contributed by atoms with van der Waals surface area (Å²) in [6.07, 6.45) is 8.16. The van der Waals surface area contributed by atoms with E-state index < -0.39 is 17.4 Å². The number of allylic oxidation sites excluding steroid dienone is 3. The zero-order chi connectivity index (χ0) is 11.5. The first-order chi connectivity index (χ1) is 7.57. The van der Waals surface area contributed by atoms with Gasteiger partial charge in [0, 0.05) is 5.92 Å². The molecule has 0 spiro atoms. The first-order valence-corrected chi connectivity index (χ1v) is 5.42. The van der Waals surface area contributed by atoms with Crippen LogP contribution in [0.5, 0.6) is 0 Å². The van der Waals surface area contributed by atoms with Crippen LogP contribution in [0.2, 0.25) is 0 Å². The predicted molar refractivity (Wildman–Crippen MR) is 54.6 cm³/mol. The summed E-state index contributed by atoms with van der Waals surface area (Å²) in [6, 6.07) is 0. The van der Waals surface area contributed by atoms with Gasteiger partial charge in [-0.15, -0.1) is 0 Å². The number of aliphatic carboxylic acids is 2. The first-order valence-electron chi connectivity index (χ1n) is 5.42. The fraction of sp³-hybridized carbons (Fsp3) is 0.500. The maximum absolute atomic E-state index is 11.3. The van der Waals surface area contributed by atoms with Gasteiger partial charge < -0.3 is 10.2 Å². The Balaban J connectivity index is 2.10. The Morgan fingerprint density at radius 3 is 2.31 bits per heavy atom. The molecule has 1 saturated carbocycles. The third-order valence-corrected chi connectivity index (χ3v) is 4.34. The lowest BCUT2D eigenvalue weighted by atomic mass is 9.70. The number of fused-ring (bicyclic) bond motifs is 5. The lowest BCUT2D eigenvalue weighted by Gasteiger charge is -2.31. The molecule has 4 unspecified atom stereocenters. The second kappa shape index (κ2) is 2.75. The Morgan fingerprint density at radius 2 is 1.69 bits per heavy atom. The zero-order valence-electron chi connectivity index (χ0n) is 8.54. The minimum atomic E-state index is -1.70. The van der Waals surface area contributed by atoms with Crippen LogP contribution in [0.3, 0.4) is 0 Å². The van der Waals surface area contributed by atoms with E-state index in [0.29, 0.717) is 5.92 Å². The van der Waals surface area contributed by atoms with Crippen LogP contribution in [0.4, 0.5) is 0 Å². The molecule has 2 bridgehead atoms. The van der Waals surface area contributed by atoms with Crippen LogP contribution in [0.15, 0.2) is 24.3 Å². The summed E-state index contributed by atoms with van der Waals surface area (Å²) in [5, 5.41) is 18.5. The Hall–Kier alpha value is -1.58. The highest BCUT2D eigenvalue weighted by atomic mass is 16.4. The second-order valence-corrected chi connectivity index (χ2v) is 4.89. The fourth-order valence-corrected chi connectivity index (χ4v) is 3.66. The summed E-state index contributed by atoms with van der Waals surface area (Å²) >= 11 is 0. The van der Waals surface area contributed by atoms with Crippen molar-refractivity contribution in [1.29, 1.82) is 0 Å². The van der Waals surface area contributed by atoms with E-state index >= 15 is 0 Å². The number of hydrogen-bond acceptors (Lipinski definition) is 2. The molecular weight excluding hydrogens is 208 g/mol. The molecule has 3 rings (SSSR count). The van der Waals surface area contributed by atoms with E-state index in [0.717, 1.165) is 6.42 Å². The maximum atomic E-state index is 11.3. The number of rotatable bonds is 2. The highest BCUT2D eigenvalue weighted by Gasteiger charge is 2.63. The number of carboxylic acids is 2. The quantitative estimate of drug-likeness (QED) is 0.540. The van der Waals surface area contributed by atoms with Crippen molar-refractivity contribution in [2.45, 2.75) is 6.42 Å². The van der Waals surface area contributed by atoms with E-state index in [4.69, 9.17) is 0 Å². The van der Waals surface area contributed by atoms with Gasteiger partial charge in [-0.1, -0.05) is 24.3 Å². The molecule has 0 aliphatic heterocycles. The van der Waals surface area contributed by atoms with Gasteiger partial charge >= 0.3 is 11.9 Å². The summed E-state index contributed by atoms with van der Waals surface area (Å²) < 4.78 is 0. The molecular formula is C12H12O4. The van der Waals surface area contributed by atoms with Crippen LogP contribution < -0.4 is 0 Å². The van der Waals surface area contributed by atoms with Crippen LogP contribution in [-0.2, 0) is 9.59 Å². The highest BCUT2D eigenvalue weighted by molar-refractivity contribution is 6.01. The Labute approximate surface area is 92.3 Å². The third-order valence-electron chi connectivity index (χ3n) is 4.34. The third kappa shape index (κ3) is 0.859. The van der Waals surface area contributed by atoms with Gasteiger partial charge in [0.1, 0.15) is 0 Å². The smallest absolute Gasteiger partial charge is 0.325 e. The molecule has 0 aromatic heterocycles. The van der Waals surface area contributed by atoms with Crippen LogP contribution in [0.1, 0.15) is 6.42 Å². The average molecular weight is 220 g/mol. The van der Waals surface area contributed by atoms with E-state index in [1.165, 1.54) is 6.08 Å². The predicted octanol–water partition coefficient (Wildman–Crippen LogP) is 1.15. The molecule has 4 heteroatoms. The highest BCUT2D eigenvalue weighted by Crippen LogP contribution is 2.59. The van der Waals surface area contributed by atoms with Crippen molar-refractivity contribution in [2.24, 2.45) is 29.1 Å². The van der Waals surface area contributed by atoms with Crippen molar-refractivity contribution >= 4 is 11.9 Å². The molecule has 84 valence electrons. The summed E-state index contributed by atoms with van der Waals surface area (Å²) in [4.78, 5) is 22.7. The molecule has 4 atom stereocenters. The fourth-order valence-electron chi connectivity index (χ4n) is 3.66. The van der Waals surface area contributed by atoms with E-state index in [-0.39, 0.29) is 17.8 Å². The van der Waals surface area contributed by atoms with E-state index in [9.17, 15) is 19.8 Å². The molecule has 0 aromatic rings.